The summed E-state index contributed by atoms with van der Waals surface area (Å²) in [4.78, 5) is 3.60. The molecule has 11 heteroatoms. The van der Waals surface area contributed by atoms with Crippen LogP contribution in [0.3, 0.4) is 0 Å². The highest BCUT2D eigenvalue weighted by Crippen LogP contribution is 2.31. The average molecular weight is 409 g/mol. The van der Waals surface area contributed by atoms with Crippen molar-refractivity contribution in [1.29, 1.82) is 0 Å². The fourth-order valence-corrected chi connectivity index (χ4v) is 4.59. The second-order valence-electron chi connectivity index (χ2n) is 6.07. The van der Waals surface area contributed by atoms with Crippen LogP contribution >= 0.6 is 12.2 Å². The molecule has 1 aromatic carbocycles. The van der Waals surface area contributed by atoms with E-state index in [1.807, 2.05) is 9.80 Å². The molecular formula is C15H18F3N3O3S2. The number of hydrogen-bond acceptors (Lipinski definition) is 5. The predicted molar refractivity (Wildman–Crippen MR) is 91.9 cm³/mol. The van der Waals surface area contributed by atoms with Crippen molar-refractivity contribution in [1.82, 2.24) is 14.1 Å². The zero-order valence-corrected chi connectivity index (χ0v) is 15.4. The third-order valence-electron chi connectivity index (χ3n) is 4.35. The second-order valence-corrected chi connectivity index (χ2v) is 8.35. The Balaban J connectivity index is 1.65. The molecule has 26 heavy (non-hydrogen) atoms. The zero-order valence-electron chi connectivity index (χ0n) is 13.8. The Bertz CT molecular complexity index is 778. The van der Waals surface area contributed by atoms with Gasteiger partial charge in [-0.15, -0.1) is 0 Å². The van der Waals surface area contributed by atoms with Gasteiger partial charge < -0.3 is 9.64 Å². The van der Waals surface area contributed by atoms with Crippen LogP contribution in [0.2, 0.25) is 0 Å². The minimum Gasteiger partial charge on any atom is -0.469 e. The Morgan fingerprint density at radius 1 is 1.12 bits per heavy atom. The number of sulfonamides is 1. The SMILES string of the molecule is O=S(=O)(c1cccc(C(F)(F)F)c1)N1CCN(CN2CCOC2=S)CC1. The van der Waals surface area contributed by atoms with Crippen LogP contribution in [0.4, 0.5) is 13.2 Å². The quantitative estimate of drug-likeness (QED) is 0.704. The number of benzene rings is 1. The summed E-state index contributed by atoms with van der Waals surface area (Å²) in [5.74, 6) is 0. The van der Waals surface area contributed by atoms with Gasteiger partial charge >= 0.3 is 6.18 Å². The van der Waals surface area contributed by atoms with Crippen molar-refractivity contribution in [3.05, 3.63) is 29.8 Å². The van der Waals surface area contributed by atoms with E-state index in [0.29, 0.717) is 44.2 Å². The van der Waals surface area contributed by atoms with E-state index in [9.17, 15) is 21.6 Å². The molecule has 2 saturated heterocycles. The molecule has 6 nitrogen and oxygen atoms in total. The lowest BCUT2D eigenvalue weighted by atomic mass is 10.2. The number of ether oxygens (including phenoxy) is 1. The summed E-state index contributed by atoms with van der Waals surface area (Å²) in [6, 6.07) is 3.84. The van der Waals surface area contributed by atoms with Gasteiger partial charge in [-0.2, -0.15) is 17.5 Å². The number of halogens is 3. The molecule has 0 amide bonds. The van der Waals surface area contributed by atoms with Crippen LogP contribution in [0.5, 0.6) is 0 Å². The number of thiocarbonyl (C=S) groups is 1. The molecule has 0 atom stereocenters. The van der Waals surface area contributed by atoms with Gasteiger partial charge in [0.15, 0.2) is 0 Å². The monoisotopic (exact) mass is 409 g/mol. The maximum absolute atomic E-state index is 12.8. The fraction of sp³-hybridized carbons (Fsp3) is 0.533. The molecule has 0 N–H and O–H groups in total. The predicted octanol–water partition coefficient (Wildman–Crippen LogP) is 1.59. The van der Waals surface area contributed by atoms with Gasteiger partial charge in [0.1, 0.15) is 6.61 Å². The molecule has 0 saturated carbocycles. The van der Waals surface area contributed by atoms with Crippen molar-refractivity contribution in [2.75, 3.05) is 46.0 Å². The molecule has 0 aromatic heterocycles. The van der Waals surface area contributed by atoms with Gasteiger partial charge in [-0.25, -0.2) is 8.42 Å². The molecular weight excluding hydrogens is 391 g/mol. The third-order valence-corrected chi connectivity index (χ3v) is 6.62. The lowest BCUT2D eigenvalue weighted by Gasteiger charge is -2.35. The Morgan fingerprint density at radius 3 is 2.38 bits per heavy atom. The lowest BCUT2D eigenvalue weighted by Crippen LogP contribution is -2.51. The first-order valence-corrected chi connectivity index (χ1v) is 9.84. The van der Waals surface area contributed by atoms with Gasteiger partial charge in [0, 0.05) is 26.2 Å². The normalized spacial score (nSPS) is 20.4. The summed E-state index contributed by atoms with van der Waals surface area (Å²) in [7, 11) is -3.96. The molecule has 3 rings (SSSR count). The van der Waals surface area contributed by atoms with Gasteiger partial charge in [-0.05, 0) is 30.4 Å². The van der Waals surface area contributed by atoms with E-state index >= 15 is 0 Å². The Kier molecular flexibility index (Phi) is 5.42. The van der Waals surface area contributed by atoms with Crippen molar-refractivity contribution >= 4 is 27.4 Å². The maximum atomic E-state index is 12.8. The minimum atomic E-state index is -4.58. The van der Waals surface area contributed by atoms with E-state index < -0.39 is 21.8 Å². The molecule has 0 bridgehead atoms. The number of rotatable bonds is 4. The van der Waals surface area contributed by atoms with Crippen molar-refractivity contribution in [3.63, 3.8) is 0 Å². The van der Waals surface area contributed by atoms with Crippen LogP contribution in [0, 0.1) is 0 Å². The van der Waals surface area contributed by atoms with Crippen LogP contribution in [-0.4, -0.2) is 73.7 Å². The van der Waals surface area contributed by atoms with Crippen LogP contribution in [-0.2, 0) is 20.9 Å². The molecule has 2 aliphatic heterocycles. The highest BCUT2D eigenvalue weighted by Gasteiger charge is 2.34. The lowest BCUT2D eigenvalue weighted by molar-refractivity contribution is -0.137. The Hall–Kier alpha value is -1.43. The van der Waals surface area contributed by atoms with Gasteiger partial charge in [0.2, 0.25) is 10.0 Å². The standard InChI is InChI=1S/C15H18F3N3O3S2/c16-15(17,18)12-2-1-3-13(10-12)26(22,23)21-6-4-19(5-7-21)11-20-8-9-24-14(20)25/h1-3,10H,4-9,11H2. The summed E-state index contributed by atoms with van der Waals surface area (Å²) in [5.41, 5.74) is -0.972. The van der Waals surface area contributed by atoms with Crippen LogP contribution < -0.4 is 0 Å². The van der Waals surface area contributed by atoms with Crippen LogP contribution in [0.25, 0.3) is 0 Å². The highest BCUT2D eigenvalue weighted by atomic mass is 32.2. The highest BCUT2D eigenvalue weighted by molar-refractivity contribution is 7.89. The van der Waals surface area contributed by atoms with Gasteiger partial charge in [0.05, 0.1) is 23.7 Å². The van der Waals surface area contributed by atoms with Crippen molar-refractivity contribution in [2.24, 2.45) is 0 Å². The number of alkyl halides is 3. The van der Waals surface area contributed by atoms with Gasteiger partial charge in [-0.3, -0.25) is 4.90 Å². The molecule has 2 heterocycles. The van der Waals surface area contributed by atoms with Crippen molar-refractivity contribution in [2.45, 2.75) is 11.1 Å². The first-order chi connectivity index (χ1) is 12.2. The van der Waals surface area contributed by atoms with E-state index in [1.165, 1.54) is 10.4 Å². The van der Waals surface area contributed by atoms with E-state index in [-0.39, 0.29) is 18.0 Å². The summed E-state index contributed by atoms with van der Waals surface area (Å²) >= 11 is 5.08. The Morgan fingerprint density at radius 2 is 1.81 bits per heavy atom. The van der Waals surface area contributed by atoms with E-state index in [1.54, 1.807) is 0 Å². The van der Waals surface area contributed by atoms with E-state index in [4.69, 9.17) is 17.0 Å². The first-order valence-electron chi connectivity index (χ1n) is 7.99. The topological polar surface area (TPSA) is 53.1 Å². The molecule has 0 unspecified atom stereocenters. The second kappa shape index (κ2) is 7.29. The largest absolute Gasteiger partial charge is 0.469 e. The number of hydrogen-bond donors (Lipinski definition) is 0. The molecule has 2 aliphatic rings. The van der Waals surface area contributed by atoms with Crippen molar-refractivity contribution in [3.8, 4) is 0 Å². The first kappa shape index (κ1) is 19.3. The number of nitrogens with zero attached hydrogens (tertiary/aromatic N) is 3. The zero-order chi connectivity index (χ0) is 18.9. The van der Waals surface area contributed by atoms with Gasteiger partial charge in [-0.1, -0.05) is 6.07 Å². The minimum absolute atomic E-state index is 0.208. The fourth-order valence-electron chi connectivity index (χ4n) is 2.89. The molecule has 0 aliphatic carbocycles. The van der Waals surface area contributed by atoms with E-state index in [2.05, 4.69) is 0 Å². The van der Waals surface area contributed by atoms with Gasteiger partial charge in [0.25, 0.3) is 5.17 Å². The Labute approximate surface area is 155 Å². The maximum Gasteiger partial charge on any atom is 0.416 e. The van der Waals surface area contributed by atoms with Crippen molar-refractivity contribution < 1.29 is 26.3 Å². The summed E-state index contributed by atoms with van der Waals surface area (Å²) < 4.78 is 70.3. The van der Waals surface area contributed by atoms with Crippen LogP contribution in [0.15, 0.2) is 29.2 Å². The van der Waals surface area contributed by atoms with Crippen LogP contribution in [0.1, 0.15) is 5.56 Å². The smallest absolute Gasteiger partial charge is 0.416 e. The third kappa shape index (κ3) is 4.11. The summed E-state index contributed by atoms with van der Waals surface area (Å²) in [6.45, 7) is 3.15. The molecule has 144 valence electrons. The number of piperazine rings is 1. The molecule has 0 radical (unpaired) electrons. The average Bonchev–Trinajstić information content (AvgIpc) is 3.00. The molecule has 0 spiro atoms. The molecule has 2 fully saturated rings. The van der Waals surface area contributed by atoms with E-state index in [0.717, 1.165) is 12.1 Å². The summed E-state index contributed by atoms with van der Waals surface area (Å²) in [5, 5.41) is 0.434. The summed E-state index contributed by atoms with van der Waals surface area (Å²) in [6.07, 6.45) is -4.58. The molecule has 1 aromatic rings.